The average Bonchev–Trinajstić information content (AvgIpc) is 3.06. The second-order valence-electron chi connectivity index (χ2n) is 7.90. The van der Waals surface area contributed by atoms with Gasteiger partial charge in [-0.15, -0.1) is 0 Å². The summed E-state index contributed by atoms with van der Waals surface area (Å²) in [5, 5.41) is 11.3. The van der Waals surface area contributed by atoms with Crippen LogP contribution in [0.15, 0.2) is 54.6 Å². The molecule has 2 aromatic carbocycles. The molecule has 2 aromatic rings. The molecule has 3 rings (SSSR count). The number of rotatable bonds is 5. The second kappa shape index (κ2) is 8.73. The highest BCUT2D eigenvalue weighted by atomic mass is 16.6. The number of amides is 1. The quantitative estimate of drug-likeness (QED) is 0.771. The van der Waals surface area contributed by atoms with Crippen molar-refractivity contribution in [2.45, 2.75) is 44.7 Å². The van der Waals surface area contributed by atoms with Crippen molar-refractivity contribution >= 4 is 12.1 Å². The Morgan fingerprint density at radius 1 is 1.03 bits per heavy atom. The molecule has 1 heterocycles. The number of aliphatic carboxylic acids is 1. The van der Waals surface area contributed by atoms with E-state index >= 15 is 0 Å². The van der Waals surface area contributed by atoms with E-state index in [0.717, 1.165) is 0 Å². The van der Waals surface area contributed by atoms with E-state index in [1.165, 1.54) is 5.01 Å². The normalized spacial score (nSPS) is 21.8. The first kappa shape index (κ1) is 21.6. The predicted octanol–water partition coefficient (Wildman–Crippen LogP) is 3.66. The summed E-state index contributed by atoms with van der Waals surface area (Å²) in [7, 11) is 1.56. The lowest BCUT2D eigenvalue weighted by atomic mass is 10.0. The van der Waals surface area contributed by atoms with E-state index in [-0.39, 0.29) is 0 Å². The Hall–Kier alpha value is -3.10. The minimum absolute atomic E-state index is 0.651. The number of methoxy groups -OCH3 is 1. The molecule has 1 aliphatic heterocycles. The topological polar surface area (TPSA) is 97.3 Å². The Bertz CT molecular complexity index is 879. The van der Waals surface area contributed by atoms with Gasteiger partial charge in [-0.3, -0.25) is 5.43 Å². The summed E-state index contributed by atoms with van der Waals surface area (Å²) in [5.41, 5.74) is 3.34. The van der Waals surface area contributed by atoms with Crippen LogP contribution in [0, 0.1) is 0 Å². The van der Waals surface area contributed by atoms with Crippen LogP contribution >= 0.6 is 0 Å². The van der Waals surface area contributed by atoms with Crippen molar-refractivity contribution in [2.24, 2.45) is 0 Å². The van der Waals surface area contributed by atoms with E-state index in [1.807, 2.05) is 6.07 Å². The molecule has 0 spiro atoms. The first-order chi connectivity index (χ1) is 14.2. The third kappa shape index (κ3) is 4.90. The van der Waals surface area contributed by atoms with Crippen LogP contribution in [0.2, 0.25) is 0 Å². The smallest absolute Gasteiger partial charge is 0.422 e. The summed E-state index contributed by atoms with van der Waals surface area (Å²) >= 11 is 0. The number of carboxylic acid groups (broad SMARTS) is 1. The number of carbonyl (C=O) groups excluding carboxylic acids is 1. The zero-order chi connectivity index (χ0) is 21.9. The molecule has 30 heavy (non-hydrogen) atoms. The molecule has 2 N–H and O–H groups in total. The van der Waals surface area contributed by atoms with Crippen LogP contribution in [-0.4, -0.2) is 41.0 Å². The third-order valence-corrected chi connectivity index (χ3v) is 4.52. The first-order valence-electron chi connectivity index (χ1n) is 9.55. The van der Waals surface area contributed by atoms with Crippen molar-refractivity contribution in [3.8, 4) is 5.75 Å². The molecule has 1 unspecified atom stereocenters. The average molecular weight is 414 g/mol. The number of carbonyl (C=O) groups is 2. The number of carboxylic acids is 1. The Kier molecular flexibility index (Phi) is 6.28. The largest absolute Gasteiger partial charge is 0.497 e. The maximum Gasteiger partial charge on any atom is 0.422 e. The number of nitrogens with one attached hydrogen (secondary N) is 1. The summed E-state index contributed by atoms with van der Waals surface area (Å²) in [6.45, 7) is 5.26. The summed E-state index contributed by atoms with van der Waals surface area (Å²) in [4.78, 5) is 24.6. The van der Waals surface area contributed by atoms with Crippen molar-refractivity contribution in [2.75, 3.05) is 7.11 Å². The van der Waals surface area contributed by atoms with E-state index in [4.69, 9.17) is 14.2 Å². The van der Waals surface area contributed by atoms with Crippen LogP contribution < -0.4 is 10.2 Å². The lowest BCUT2D eigenvalue weighted by Crippen LogP contribution is -2.46. The third-order valence-electron chi connectivity index (χ3n) is 4.52. The molecular formula is C22H26N2O6. The van der Waals surface area contributed by atoms with Gasteiger partial charge in [0.1, 0.15) is 11.4 Å². The van der Waals surface area contributed by atoms with Crippen LogP contribution in [0.1, 0.15) is 44.2 Å². The molecule has 0 bridgehead atoms. The number of hydrogen-bond acceptors (Lipinski definition) is 6. The van der Waals surface area contributed by atoms with Gasteiger partial charge >= 0.3 is 12.1 Å². The van der Waals surface area contributed by atoms with E-state index in [0.29, 0.717) is 16.9 Å². The fraction of sp³-hybridized carbons (Fsp3) is 0.364. The molecule has 1 fully saturated rings. The Morgan fingerprint density at radius 3 is 2.20 bits per heavy atom. The Balaban J connectivity index is 2.00. The zero-order valence-corrected chi connectivity index (χ0v) is 17.4. The van der Waals surface area contributed by atoms with Gasteiger partial charge in [0.25, 0.3) is 0 Å². The molecular weight excluding hydrogens is 388 g/mol. The molecule has 0 radical (unpaired) electrons. The summed E-state index contributed by atoms with van der Waals surface area (Å²) < 4.78 is 16.5. The van der Waals surface area contributed by atoms with Gasteiger partial charge in [-0.2, -0.15) is 5.01 Å². The van der Waals surface area contributed by atoms with Gasteiger partial charge in [0.2, 0.25) is 0 Å². The standard InChI is InChI=1S/C22H26N2O6/c1-22(2,3)30-21(27)23-24-17(14-8-6-5-7-9-14)18(20(25)26)29-19(24)15-10-12-16(28-4)13-11-15/h5-13,17-19H,1-4H3,(H,23,27)(H,25,26)/t17-,18?,19+/m0/s1. The van der Waals surface area contributed by atoms with Gasteiger partial charge in [0.15, 0.2) is 12.3 Å². The molecule has 1 amide bonds. The lowest BCUT2D eigenvalue weighted by molar-refractivity contribution is -0.150. The maximum atomic E-state index is 12.5. The van der Waals surface area contributed by atoms with Gasteiger partial charge in [-0.25, -0.2) is 9.59 Å². The van der Waals surface area contributed by atoms with E-state index in [1.54, 1.807) is 76.4 Å². The lowest BCUT2D eigenvalue weighted by Gasteiger charge is -2.30. The van der Waals surface area contributed by atoms with Gasteiger partial charge in [-0.1, -0.05) is 42.5 Å². The van der Waals surface area contributed by atoms with Crippen molar-refractivity contribution in [1.29, 1.82) is 0 Å². The molecule has 0 aromatic heterocycles. The molecule has 8 nitrogen and oxygen atoms in total. The van der Waals surface area contributed by atoms with Gasteiger partial charge in [-0.05, 0) is 44.0 Å². The summed E-state index contributed by atoms with van der Waals surface area (Å²) in [6, 6.07) is 15.3. The number of nitrogens with zero attached hydrogens (tertiary/aromatic N) is 1. The van der Waals surface area contributed by atoms with Crippen LogP contribution in [0.4, 0.5) is 4.79 Å². The molecule has 1 aliphatic rings. The minimum Gasteiger partial charge on any atom is -0.497 e. The molecule has 160 valence electrons. The molecule has 0 aliphatic carbocycles. The summed E-state index contributed by atoms with van der Waals surface area (Å²) in [6.07, 6.45) is -2.74. The fourth-order valence-corrected chi connectivity index (χ4v) is 3.29. The first-order valence-corrected chi connectivity index (χ1v) is 9.55. The number of hydrogen-bond donors (Lipinski definition) is 2. The minimum atomic E-state index is -1.20. The Labute approximate surface area is 175 Å². The van der Waals surface area contributed by atoms with Crippen molar-refractivity contribution in [1.82, 2.24) is 10.4 Å². The highest BCUT2D eigenvalue weighted by Crippen LogP contribution is 2.42. The van der Waals surface area contributed by atoms with Crippen molar-refractivity contribution < 1.29 is 28.9 Å². The Morgan fingerprint density at radius 2 is 1.67 bits per heavy atom. The molecule has 0 saturated carbocycles. The van der Waals surface area contributed by atoms with Crippen molar-refractivity contribution in [3.05, 3.63) is 65.7 Å². The number of benzene rings is 2. The predicted molar refractivity (Wildman–Crippen MR) is 109 cm³/mol. The van der Waals surface area contributed by atoms with Gasteiger partial charge < -0.3 is 19.3 Å². The van der Waals surface area contributed by atoms with Crippen LogP contribution in [0.3, 0.4) is 0 Å². The SMILES string of the molecule is COc1ccc([C@H]2OC(C(=O)O)[C@H](c3ccccc3)N2NC(=O)OC(C)(C)C)cc1. The van der Waals surface area contributed by atoms with Crippen LogP contribution in [0.5, 0.6) is 5.75 Å². The monoisotopic (exact) mass is 414 g/mol. The van der Waals surface area contributed by atoms with E-state index in [9.17, 15) is 14.7 Å². The highest BCUT2D eigenvalue weighted by molar-refractivity contribution is 5.74. The fourth-order valence-electron chi connectivity index (χ4n) is 3.29. The summed E-state index contributed by atoms with van der Waals surface area (Å²) in [5.74, 6) is -0.478. The van der Waals surface area contributed by atoms with Gasteiger partial charge in [0.05, 0.1) is 13.2 Å². The highest BCUT2D eigenvalue weighted by Gasteiger charge is 2.48. The van der Waals surface area contributed by atoms with E-state index < -0.39 is 36.0 Å². The van der Waals surface area contributed by atoms with Gasteiger partial charge in [0, 0.05) is 0 Å². The zero-order valence-electron chi connectivity index (χ0n) is 17.4. The molecule has 8 heteroatoms. The maximum absolute atomic E-state index is 12.5. The van der Waals surface area contributed by atoms with Crippen molar-refractivity contribution in [3.63, 3.8) is 0 Å². The van der Waals surface area contributed by atoms with Crippen LogP contribution in [0.25, 0.3) is 0 Å². The van der Waals surface area contributed by atoms with Crippen LogP contribution in [-0.2, 0) is 14.3 Å². The molecule has 1 saturated heterocycles. The number of hydrazine groups is 1. The molecule has 3 atom stereocenters. The van der Waals surface area contributed by atoms with E-state index in [2.05, 4.69) is 5.43 Å². The second-order valence-corrected chi connectivity index (χ2v) is 7.90. The number of ether oxygens (including phenoxy) is 3.